The van der Waals surface area contributed by atoms with E-state index in [0.29, 0.717) is 13.1 Å². The molecule has 0 spiro atoms. The summed E-state index contributed by atoms with van der Waals surface area (Å²) >= 11 is 6.12. The van der Waals surface area contributed by atoms with E-state index < -0.39 is 12.6 Å². The number of likely N-dealkylation sites (tertiary alicyclic amines) is 1. The highest BCUT2D eigenvalue weighted by molar-refractivity contribution is 6.24. The highest BCUT2D eigenvalue weighted by Gasteiger charge is 2.47. The van der Waals surface area contributed by atoms with E-state index in [1.807, 2.05) is 6.92 Å². The second kappa shape index (κ2) is 5.54. The van der Waals surface area contributed by atoms with Gasteiger partial charge in [-0.3, -0.25) is 14.6 Å². The van der Waals surface area contributed by atoms with Gasteiger partial charge in [0.25, 0.3) is 5.91 Å². The van der Waals surface area contributed by atoms with E-state index in [0.717, 1.165) is 6.07 Å². The largest absolute Gasteiger partial charge is 0.573 e. The first-order valence-corrected chi connectivity index (χ1v) is 7.24. The van der Waals surface area contributed by atoms with E-state index >= 15 is 0 Å². The van der Waals surface area contributed by atoms with E-state index in [4.69, 9.17) is 16.3 Å². The summed E-state index contributed by atoms with van der Waals surface area (Å²) in [5.74, 6) is -0.718. The molecule has 2 heterocycles. The summed E-state index contributed by atoms with van der Waals surface area (Å²) in [5.41, 5.74) is 0.286. The highest BCUT2D eigenvalue weighted by Crippen LogP contribution is 2.34. The number of anilines is 1. The number of hydrogen-bond acceptors (Lipinski definition) is 4. The van der Waals surface area contributed by atoms with Crippen LogP contribution in [-0.4, -0.2) is 48.1 Å². The van der Waals surface area contributed by atoms with Gasteiger partial charge in [-0.2, -0.15) is 0 Å². The molecule has 1 atom stereocenters. The van der Waals surface area contributed by atoms with Gasteiger partial charge in [0.2, 0.25) is 0 Å². The molecule has 23 heavy (non-hydrogen) atoms. The van der Waals surface area contributed by atoms with Gasteiger partial charge in [0, 0.05) is 24.8 Å². The average Bonchev–Trinajstić information content (AvgIpc) is 2.76. The molecule has 1 unspecified atom stereocenters. The van der Waals surface area contributed by atoms with Crippen molar-refractivity contribution in [2.75, 3.05) is 24.7 Å². The number of alkyl halides is 4. The fraction of sp³-hybridized carbons (Fsp3) is 0.500. The van der Waals surface area contributed by atoms with Gasteiger partial charge in [-0.25, -0.2) is 0 Å². The molecule has 2 fully saturated rings. The highest BCUT2D eigenvalue weighted by atomic mass is 35.5. The van der Waals surface area contributed by atoms with Crippen LogP contribution in [0.15, 0.2) is 24.3 Å². The zero-order valence-corrected chi connectivity index (χ0v) is 12.9. The third kappa shape index (κ3) is 3.54. The summed E-state index contributed by atoms with van der Waals surface area (Å²) in [6.45, 7) is 2.85. The van der Waals surface area contributed by atoms with Crippen LogP contribution in [0.1, 0.15) is 6.92 Å². The van der Waals surface area contributed by atoms with E-state index in [2.05, 4.69) is 4.74 Å². The smallest absolute Gasteiger partial charge is 0.406 e. The summed E-state index contributed by atoms with van der Waals surface area (Å²) in [7, 11) is 0. The maximum atomic E-state index is 12.4. The Morgan fingerprint density at radius 3 is 2.70 bits per heavy atom. The fourth-order valence-electron chi connectivity index (χ4n) is 2.69. The second-order valence-electron chi connectivity index (χ2n) is 5.78. The number of hydrogen-bond donors (Lipinski definition) is 0. The van der Waals surface area contributed by atoms with Crippen LogP contribution in [0.5, 0.6) is 5.75 Å². The van der Waals surface area contributed by atoms with Crippen LogP contribution in [0.4, 0.5) is 18.9 Å². The number of amides is 1. The molecule has 3 rings (SSSR count). The predicted molar refractivity (Wildman–Crippen MR) is 76.2 cm³/mol. The van der Waals surface area contributed by atoms with Crippen molar-refractivity contribution < 1.29 is 27.4 Å². The molecule has 126 valence electrons. The topological polar surface area (TPSA) is 42.0 Å². The van der Waals surface area contributed by atoms with Crippen LogP contribution in [-0.2, 0) is 9.53 Å². The molecule has 0 radical (unpaired) electrons. The lowest BCUT2D eigenvalue weighted by atomic mass is 10.0. The Bertz CT molecular complexity index is 616. The summed E-state index contributed by atoms with van der Waals surface area (Å²) in [5, 5.41) is 0. The molecule has 0 aromatic heterocycles. The first-order valence-electron chi connectivity index (χ1n) is 6.86. The minimum atomic E-state index is -4.78. The average molecular weight is 351 g/mol. The molecule has 2 aliphatic heterocycles. The Morgan fingerprint density at radius 2 is 2.09 bits per heavy atom. The van der Waals surface area contributed by atoms with Gasteiger partial charge in [-0.05, 0) is 19.1 Å². The Balaban J connectivity index is 1.71. The monoisotopic (exact) mass is 350 g/mol. The van der Waals surface area contributed by atoms with Gasteiger partial charge >= 0.3 is 6.36 Å². The minimum Gasteiger partial charge on any atom is -0.406 e. The summed E-state index contributed by atoms with van der Waals surface area (Å²) in [6.07, 6.45) is -5.54. The molecule has 0 aliphatic carbocycles. The number of carbonyl (C=O) groups is 1. The molecule has 1 aromatic carbocycles. The number of carbonyl (C=O) groups excluding carboxylic acids is 1. The van der Waals surface area contributed by atoms with Crippen molar-refractivity contribution in [1.29, 1.82) is 0 Å². The third-order valence-electron chi connectivity index (χ3n) is 3.60. The molecule has 2 aliphatic rings. The number of nitrogens with zero attached hydrogens (tertiary/aromatic N) is 2. The van der Waals surface area contributed by atoms with Gasteiger partial charge in [0.15, 0.2) is 6.23 Å². The van der Waals surface area contributed by atoms with E-state index in [1.165, 1.54) is 23.1 Å². The van der Waals surface area contributed by atoms with Crippen LogP contribution >= 0.6 is 11.6 Å². The standard InChI is InChI=1S/C14H14ClF3N2O3/c1-13(15)6-19(7-13)12-11(21)20(8-22-12)9-3-2-4-10(5-9)23-14(16,17)18/h2-5,12H,6-8H2,1H3. The van der Waals surface area contributed by atoms with Crippen LogP contribution in [0.2, 0.25) is 0 Å². The van der Waals surface area contributed by atoms with Gasteiger partial charge in [-0.1, -0.05) is 6.07 Å². The summed E-state index contributed by atoms with van der Waals surface area (Å²) in [4.78, 5) is 15.1. The Morgan fingerprint density at radius 1 is 1.39 bits per heavy atom. The fourth-order valence-corrected chi connectivity index (χ4v) is 3.00. The van der Waals surface area contributed by atoms with Crippen LogP contribution in [0, 0.1) is 0 Å². The minimum absolute atomic E-state index is 0.0333. The Hall–Kier alpha value is -1.51. The molecule has 2 saturated heterocycles. The number of ether oxygens (including phenoxy) is 2. The summed E-state index contributed by atoms with van der Waals surface area (Å²) < 4.78 is 46.1. The number of benzene rings is 1. The third-order valence-corrected chi connectivity index (χ3v) is 3.84. The molecular formula is C14H14ClF3N2O3. The predicted octanol–water partition coefficient (Wildman–Crippen LogP) is 2.55. The lowest BCUT2D eigenvalue weighted by molar-refractivity contribution is -0.274. The van der Waals surface area contributed by atoms with Crippen LogP contribution < -0.4 is 9.64 Å². The zero-order valence-electron chi connectivity index (χ0n) is 12.1. The van der Waals surface area contributed by atoms with Crippen LogP contribution in [0.25, 0.3) is 0 Å². The first-order chi connectivity index (χ1) is 10.6. The normalized spacial score (nSPS) is 24.7. The Kier molecular flexibility index (Phi) is 3.94. The van der Waals surface area contributed by atoms with Crippen molar-refractivity contribution in [3.63, 3.8) is 0 Å². The van der Waals surface area contributed by atoms with Crippen molar-refractivity contribution in [3.8, 4) is 5.75 Å². The number of halogens is 4. The lowest BCUT2D eigenvalue weighted by Gasteiger charge is -2.45. The van der Waals surface area contributed by atoms with Crippen molar-refractivity contribution in [1.82, 2.24) is 4.90 Å². The molecule has 0 bridgehead atoms. The maximum absolute atomic E-state index is 12.4. The molecule has 0 N–H and O–H groups in total. The molecule has 5 nitrogen and oxygen atoms in total. The molecule has 0 saturated carbocycles. The van der Waals surface area contributed by atoms with Crippen LogP contribution in [0.3, 0.4) is 0 Å². The SMILES string of the molecule is CC1(Cl)CN(C2OCN(c3cccc(OC(F)(F)F)c3)C2=O)C1. The van der Waals surface area contributed by atoms with Crippen molar-refractivity contribution in [3.05, 3.63) is 24.3 Å². The van der Waals surface area contributed by atoms with E-state index in [9.17, 15) is 18.0 Å². The Labute approximate surface area is 135 Å². The first kappa shape index (κ1) is 16.4. The van der Waals surface area contributed by atoms with Gasteiger partial charge < -0.3 is 9.47 Å². The van der Waals surface area contributed by atoms with Gasteiger partial charge in [0.1, 0.15) is 12.5 Å². The van der Waals surface area contributed by atoms with Crippen molar-refractivity contribution >= 4 is 23.2 Å². The van der Waals surface area contributed by atoms with E-state index in [-0.39, 0.29) is 28.9 Å². The van der Waals surface area contributed by atoms with E-state index in [1.54, 1.807) is 4.90 Å². The van der Waals surface area contributed by atoms with Gasteiger partial charge in [0.05, 0.1) is 4.87 Å². The zero-order chi connectivity index (χ0) is 16.8. The molecule has 9 heteroatoms. The molecule has 1 amide bonds. The quantitative estimate of drug-likeness (QED) is 0.786. The lowest BCUT2D eigenvalue weighted by Crippen LogP contribution is -2.62. The molecule has 1 aromatic rings. The number of rotatable bonds is 3. The van der Waals surface area contributed by atoms with Gasteiger partial charge in [-0.15, -0.1) is 24.8 Å². The summed E-state index contributed by atoms with van der Waals surface area (Å²) in [6, 6.07) is 5.23. The molecular weight excluding hydrogens is 337 g/mol. The second-order valence-corrected chi connectivity index (χ2v) is 6.69. The maximum Gasteiger partial charge on any atom is 0.573 e. The van der Waals surface area contributed by atoms with Crippen molar-refractivity contribution in [2.24, 2.45) is 0 Å². The van der Waals surface area contributed by atoms with Crippen molar-refractivity contribution in [2.45, 2.75) is 24.4 Å².